The molecule has 3 unspecified atom stereocenters. The Morgan fingerprint density at radius 1 is 1.50 bits per heavy atom. The lowest BCUT2D eigenvalue weighted by atomic mass is 9.68. The normalized spacial score (nSPS) is 39.2. The van der Waals surface area contributed by atoms with E-state index in [0.29, 0.717) is 17.7 Å². The zero-order valence-electron chi connectivity index (χ0n) is 13.8. The SMILES string of the molecule is CC1CN2C(=C([N+](=O)[O-])[C@]34C(=O)c5ccccc5[C@]23OC(N)C4C#N)N1. The molecule has 0 aromatic heterocycles. The number of fused-ring (bicyclic) bond motifs is 2. The van der Waals surface area contributed by atoms with Crippen molar-refractivity contribution < 1.29 is 14.5 Å². The number of Topliss-reactive ketones (excluding diaryl/α,β-unsaturated/α-hetero) is 1. The first-order chi connectivity index (χ1) is 12.4. The topological polar surface area (TPSA) is 135 Å². The largest absolute Gasteiger partial charge is 0.362 e. The van der Waals surface area contributed by atoms with Crippen LogP contribution in [0.2, 0.25) is 0 Å². The van der Waals surface area contributed by atoms with E-state index in [4.69, 9.17) is 10.5 Å². The molecule has 0 bridgehead atoms. The average Bonchev–Trinajstić information content (AvgIpc) is 3.21. The van der Waals surface area contributed by atoms with Gasteiger partial charge >= 0.3 is 5.70 Å². The van der Waals surface area contributed by atoms with E-state index >= 15 is 0 Å². The molecule has 2 fully saturated rings. The summed E-state index contributed by atoms with van der Waals surface area (Å²) in [5, 5.41) is 25.0. The Balaban J connectivity index is 1.94. The fourth-order valence-electron chi connectivity index (χ4n) is 5.20. The summed E-state index contributed by atoms with van der Waals surface area (Å²) in [6.07, 6.45) is -1.11. The summed E-state index contributed by atoms with van der Waals surface area (Å²) < 4.78 is 6.10. The van der Waals surface area contributed by atoms with E-state index in [-0.39, 0.29) is 17.6 Å². The second kappa shape index (κ2) is 4.41. The fraction of sp³-hybridized carbons (Fsp3) is 0.412. The minimum absolute atomic E-state index is 0.0730. The molecule has 0 radical (unpaired) electrons. The number of carbonyl (C=O) groups excluding carboxylic acids is 1. The number of benzene rings is 1. The standard InChI is InChI=1S/C17H15N5O4/c1-8-7-21-15(20-8)12(22(24)25)16-11(6-18)14(19)26-17(16,21)10-5-3-2-4-9(10)13(16)23/h2-5,8,11,14,20H,7,19H2,1H3/t8?,11?,14?,16-,17-/m1/s1. The van der Waals surface area contributed by atoms with E-state index in [9.17, 15) is 20.2 Å². The van der Waals surface area contributed by atoms with Crippen molar-refractivity contribution in [3.8, 4) is 6.07 Å². The summed E-state index contributed by atoms with van der Waals surface area (Å²) in [5.74, 6) is -1.40. The second-order valence-electron chi connectivity index (χ2n) is 7.13. The Labute approximate surface area is 148 Å². The molecule has 26 heavy (non-hydrogen) atoms. The number of ketones is 1. The molecule has 3 N–H and O–H groups in total. The monoisotopic (exact) mass is 353 g/mol. The van der Waals surface area contributed by atoms with Gasteiger partial charge in [-0.25, -0.2) is 0 Å². The molecule has 0 spiro atoms. The number of rotatable bonds is 1. The number of hydrogen-bond donors (Lipinski definition) is 2. The number of nitriles is 1. The third-order valence-electron chi connectivity index (χ3n) is 5.94. The highest BCUT2D eigenvalue weighted by Crippen LogP contribution is 2.71. The van der Waals surface area contributed by atoms with Crippen LogP contribution in [0.4, 0.5) is 0 Å². The van der Waals surface area contributed by atoms with Gasteiger partial charge in [0.1, 0.15) is 12.1 Å². The molecule has 0 saturated carbocycles. The quantitative estimate of drug-likeness (QED) is 0.541. The Morgan fingerprint density at radius 2 is 2.23 bits per heavy atom. The van der Waals surface area contributed by atoms with E-state index in [1.54, 1.807) is 29.2 Å². The Morgan fingerprint density at radius 3 is 2.92 bits per heavy atom. The molecule has 1 aliphatic carbocycles. The first-order valence-electron chi connectivity index (χ1n) is 8.32. The molecule has 3 aliphatic heterocycles. The summed E-state index contributed by atoms with van der Waals surface area (Å²) in [5.41, 5.74) is 3.39. The predicted molar refractivity (Wildman–Crippen MR) is 86.4 cm³/mol. The lowest BCUT2D eigenvalue weighted by molar-refractivity contribution is -0.441. The van der Waals surface area contributed by atoms with Crippen LogP contribution in [0.1, 0.15) is 22.8 Å². The fourth-order valence-corrected chi connectivity index (χ4v) is 5.20. The van der Waals surface area contributed by atoms with E-state index < -0.39 is 34.0 Å². The lowest BCUT2D eigenvalue weighted by Gasteiger charge is -2.38. The molecule has 2 saturated heterocycles. The van der Waals surface area contributed by atoms with Gasteiger partial charge in [0.25, 0.3) is 0 Å². The highest BCUT2D eigenvalue weighted by molar-refractivity contribution is 6.09. The van der Waals surface area contributed by atoms with Gasteiger partial charge in [-0.1, -0.05) is 24.3 Å². The van der Waals surface area contributed by atoms with Crippen molar-refractivity contribution in [3.63, 3.8) is 0 Å². The summed E-state index contributed by atoms with van der Waals surface area (Å²) >= 11 is 0. The molecule has 132 valence electrons. The van der Waals surface area contributed by atoms with Gasteiger partial charge in [-0.05, 0) is 6.92 Å². The van der Waals surface area contributed by atoms with Gasteiger partial charge in [-0.3, -0.25) is 14.9 Å². The number of hydrogen-bond acceptors (Lipinski definition) is 8. The molecular weight excluding hydrogens is 338 g/mol. The van der Waals surface area contributed by atoms with Crippen molar-refractivity contribution >= 4 is 5.78 Å². The zero-order chi connectivity index (χ0) is 18.4. The Kier molecular flexibility index (Phi) is 2.60. The smallest absolute Gasteiger partial charge is 0.306 e. The number of nitrogens with zero attached hydrogens (tertiary/aromatic N) is 3. The molecule has 5 rings (SSSR count). The van der Waals surface area contributed by atoms with Gasteiger partial charge in [0.2, 0.25) is 0 Å². The van der Waals surface area contributed by atoms with Crippen molar-refractivity contribution in [1.29, 1.82) is 5.26 Å². The van der Waals surface area contributed by atoms with Crippen molar-refractivity contribution in [2.45, 2.75) is 24.9 Å². The van der Waals surface area contributed by atoms with Crippen molar-refractivity contribution in [1.82, 2.24) is 10.2 Å². The van der Waals surface area contributed by atoms with Crippen molar-refractivity contribution in [3.05, 3.63) is 57.0 Å². The summed E-state index contributed by atoms with van der Waals surface area (Å²) in [6, 6.07) is 8.76. The minimum atomic E-state index is -1.78. The molecule has 4 aliphatic rings. The summed E-state index contributed by atoms with van der Waals surface area (Å²) in [4.78, 5) is 26.8. The van der Waals surface area contributed by atoms with Gasteiger partial charge in [-0.15, -0.1) is 0 Å². The minimum Gasteiger partial charge on any atom is -0.362 e. The van der Waals surface area contributed by atoms with Crippen LogP contribution in [0.25, 0.3) is 0 Å². The molecule has 9 nitrogen and oxygen atoms in total. The third-order valence-corrected chi connectivity index (χ3v) is 5.94. The van der Waals surface area contributed by atoms with Crippen molar-refractivity contribution in [2.24, 2.45) is 17.1 Å². The van der Waals surface area contributed by atoms with Gasteiger partial charge in [-0.2, -0.15) is 5.26 Å². The third kappa shape index (κ3) is 1.26. The maximum atomic E-state index is 13.5. The summed E-state index contributed by atoms with van der Waals surface area (Å²) in [6.45, 7) is 2.29. The average molecular weight is 353 g/mol. The first-order valence-corrected chi connectivity index (χ1v) is 8.32. The number of ether oxygens (including phenoxy) is 1. The highest BCUT2D eigenvalue weighted by atomic mass is 16.6. The van der Waals surface area contributed by atoms with Gasteiger partial charge < -0.3 is 20.7 Å². The van der Waals surface area contributed by atoms with E-state index in [1.165, 1.54) is 0 Å². The van der Waals surface area contributed by atoms with Gasteiger partial charge in [0, 0.05) is 23.7 Å². The van der Waals surface area contributed by atoms with Crippen molar-refractivity contribution in [2.75, 3.05) is 6.54 Å². The van der Waals surface area contributed by atoms with Crippen LogP contribution in [-0.2, 0) is 10.5 Å². The summed E-state index contributed by atoms with van der Waals surface area (Å²) in [7, 11) is 0. The lowest BCUT2D eigenvalue weighted by Crippen LogP contribution is -2.52. The van der Waals surface area contributed by atoms with Gasteiger partial charge in [0.05, 0.1) is 11.0 Å². The molecular formula is C17H15N5O4. The highest BCUT2D eigenvalue weighted by Gasteiger charge is 2.86. The zero-order valence-corrected chi connectivity index (χ0v) is 13.8. The second-order valence-corrected chi connectivity index (χ2v) is 7.13. The van der Waals surface area contributed by atoms with Crippen LogP contribution in [0.3, 0.4) is 0 Å². The Hall–Kier alpha value is -2.96. The number of nitro groups is 1. The van der Waals surface area contributed by atoms with Crippen LogP contribution < -0.4 is 11.1 Å². The van der Waals surface area contributed by atoms with Crippen LogP contribution in [0.15, 0.2) is 35.8 Å². The molecule has 1 aromatic carbocycles. The molecule has 3 heterocycles. The Bertz CT molecular complexity index is 968. The van der Waals surface area contributed by atoms with E-state index in [0.717, 1.165) is 0 Å². The first kappa shape index (κ1) is 15.3. The molecule has 5 atom stereocenters. The maximum Gasteiger partial charge on any atom is 0.306 e. The number of nitrogens with two attached hydrogens (primary N) is 1. The number of carbonyl (C=O) groups is 1. The van der Waals surface area contributed by atoms with E-state index in [1.807, 2.05) is 13.0 Å². The maximum absolute atomic E-state index is 13.5. The molecule has 1 aromatic rings. The predicted octanol–water partition coefficient (Wildman–Crippen LogP) is 0.230. The van der Waals surface area contributed by atoms with Crippen LogP contribution in [0, 0.1) is 32.8 Å². The number of nitrogens with one attached hydrogen (secondary N) is 1. The molecule has 9 heteroatoms. The van der Waals surface area contributed by atoms with Gasteiger partial charge in [0.15, 0.2) is 22.7 Å². The van der Waals surface area contributed by atoms with E-state index in [2.05, 4.69) is 5.32 Å². The molecule has 0 amide bonds. The van der Waals surface area contributed by atoms with Crippen LogP contribution in [-0.4, -0.2) is 34.4 Å². The van der Waals surface area contributed by atoms with Crippen LogP contribution in [0.5, 0.6) is 0 Å². The van der Waals surface area contributed by atoms with Crippen LogP contribution >= 0.6 is 0 Å².